The Morgan fingerprint density at radius 3 is 2.72 bits per heavy atom. The van der Waals surface area contributed by atoms with E-state index in [9.17, 15) is 4.79 Å². The molecular formula is C22H18ClN3O3. The van der Waals surface area contributed by atoms with Gasteiger partial charge in [0.1, 0.15) is 11.4 Å². The average molecular weight is 408 g/mol. The van der Waals surface area contributed by atoms with Crippen molar-refractivity contribution in [2.45, 2.75) is 6.42 Å². The summed E-state index contributed by atoms with van der Waals surface area (Å²) >= 11 is 6.16. The summed E-state index contributed by atoms with van der Waals surface area (Å²) in [5.41, 5.74) is 4.62. The fourth-order valence-corrected chi connectivity index (χ4v) is 3.38. The topological polar surface area (TPSA) is 65.7 Å². The first-order valence-electron chi connectivity index (χ1n) is 8.94. The predicted octanol–water partition coefficient (Wildman–Crippen LogP) is 4.44. The maximum Gasteiger partial charge on any atom is 0.356 e. The molecule has 29 heavy (non-hydrogen) atoms. The molecule has 6 nitrogen and oxygen atoms in total. The first-order valence-corrected chi connectivity index (χ1v) is 9.32. The number of carbonyl (C=O) groups is 1. The molecule has 0 bridgehead atoms. The van der Waals surface area contributed by atoms with E-state index in [1.54, 1.807) is 30.0 Å². The second-order valence-electron chi connectivity index (χ2n) is 6.42. The minimum absolute atomic E-state index is 0.271. The molecule has 0 aliphatic rings. The van der Waals surface area contributed by atoms with E-state index >= 15 is 0 Å². The van der Waals surface area contributed by atoms with Crippen LogP contribution in [0.3, 0.4) is 0 Å². The predicted molar refractivity (Wildman–Crippen MR) is 111 cm³/mol. The molecule has 0 radical (unpaired) electrons. The van der Waals surface area contributed by atoms with Gasteiger partial charge in [-0.05, 0) is 36.4 Å². The number of hydrogen-bond acceptors (Lipinski definition) is 5. The molecule has 0 aliphatic heterocycles. The van der Waals surface area contributed by atoms with E-state index in [1.807, 2.05) is 42.5 Å². The van der Waals surface area contributed by atoms with Crippen molar-refractivity contribution in [2.24, 2.45) is 0 Å². The Hall–Kier alpha value is -3.38. The number of hydrogen-bond donors (Lipinski definition) is 0. The van der Waals surface area contributed by atoms with Gasteiger partial charge in [0.05, 0.1) is 30.5 Å². The third-order valence-electron chi connectivity index (χ3n) is 4.60. The minimum atomic E-state index is -0.466. The largest absolute Gasteiger partial charge is 0.497 e. The highest BCUT2D eigenvalue weighted by Gasteiger charge is 2.17. The maximum atomic E-state index is 11.8. The van der Waals surface area contributed by atoms with Gasteiger partial charge >= 0.3 is 5.97 Å². The third-order valence-corrected chi connectivity index (χ3v) is 4.82. The lowest BCUT2D eigenvalue weighted by atomic mass is 10.0. The first-order chi connectivity index (χ1) is 14.1. The number of benzene rings is 1. The second kappa shape index (κ2) is 7.93. The monoisotopic (exact) mass is 407 g/mol. The van der Waals surface area contributed by atoms with Crippen LogP contribution in [-0.2, 0) is 11.2 Å². The van der Waals surface area contributed by atoms with Gasteiger partial charge in [-0.3, -0.25) is 0 Å². The lowest BCUT2D eigenvalue weighted by molar-refractivity contribution is 0.0593. The van der Waals surface area contributed by atoms with E-state index in [4.69, 9.17) is 26.2 Å². The average Bonchev–Trinajstić information content (AvgIpc) is 3.10. The lowest BCUT2D eigenvalue weighted by Gasteiger charge is -2.07. The highest BCUT2D eigenvalue weighted by Crippen LogP contribution is 2.31. The van der Waals surface area contributed by atoms with Gasteiger partial charge < -0.3 is 9.47 Å². The minimum Gasteiger partial charge on any atom is -0.497 e. The molecule has 0 aliphatic carbocycles. The fraction of sp³-hybridized carbons (Fsp3) is 0.136. The standard InChI is InChI=1S/C22H18ClN3O3/c1-28-17-7-3-5-14(11-17)21-18(20-10-9-15(23)13-26(20)25-21)12-16-6-4-8-19(24-16)22(27)29-2/h3-11,13H,12H2,1-2H3. The molecular weight excluding hydrogens is 390 g/mol. The van der Waals surface area contributed by atoms with Crippen LogP contribution in [0.1, 0.15) is 21.7 Å². The molecule has 7 heteroatoms. The fourth-order valence-electron chi connectivity index (χ4n) is 3.23. The molecule has 4 rings (SSSR count). The molecule has 4 aromatic rings. The number of ether oxygens (including phenoxy) is 2. The molecule has 0 atom stereocenters. The summed E-state index contributed by atoms with van der Waals surface area (Å²) < 4.78 is 11.9. The van der Waals surface area contributed by atoms with E-state index in [0.717, 1.165) is 33.8 Å². The van der Waals surface area contributed by atoms with Crippen LogP contribution in [0.25, 0.3) is 16.8 Å². The Morgan fingerprint density at radius 2 is 1.93 bits per heavy atom. The summed E-state index contributed by atoms with van der Waals surface area (Å²) in [6.07, 6.45) is 2.25. The summed E-state index contributed by atoms with van der Waals surface area (Å²) in [6, 6.07) is 16.8. The van der Waals surface area contributed by atoms with E-state index in [2.05, 4.69) is 4.98 Å². The molecule has 0 saturated heterocycles. The van der Waals surface area contributed by atoms with Crippen LogP contribution in [0.2, 0.25) is 5.02 Å². The number of nitrogens with zero attached hydrogens (tertiary/aromatic N) is 3. The van der Waals surface area contributed by atoms with Crippen molar-refractivity contribution < 1.29 is 14.3 Å². The van der Waals surface area contributed by atoms with Crippen molar-refractivity contribution in [1.29, 1.82) is 0 Å². The smallest absolute Gasteiger partial charge is 0.356 e. The third kappa shape index (κ3) is 3.79. The zero-order valence-electron chi connectivity index (χ0n) is 15.9. The number of rotatable bonds is 5. The number of carbonyl (C=O) groups excluding carboxylic acids is 1. The maximum absolute atomic E-state index is 11.8. The van der Waals surface area contributed by atoms with Gasteiger partial charge in [-0.15, -0.1) is 0 Å². The van der Waals surface area contributed by atoms with Gasteiger partial charge in [-0.25, -0.2) is 14.3 Å². The molecule has 0 fully saturated rings. The normalized spacial score (nSPS) is 10.9. The van der Waals surface area contributed by atoms with E-state index in [0.29, 0.717) is 11.4 Å². The zero-order valence-corrected chi connectivity index (χ0v) is 16.7. The number of aromatic nitrogens is 3. The van der Waals surface area contributed by atoms with Gasteiger partial charge in [-0.1, -0.05) is 29.8 Å². The first kappa shape index (κ1) is 19.0. The van der Waals surface area contributed by atoms with E-state index < -0.39 is 5.97 Å². The van der Waals surface area contributed by atoms with Gasteiger partial charge in [0.25, 0.3) is 0 Å². The van der Waals surface area contributed by atoms with Crippen LogP contribution in [-0.4, -0.2) is 34.8 Å². The molecule has 0 spiro atoms. The lowest BCUT2D eigenvalue weighted by Crippen LogP contribution is -2.06. The Bertz CT molecular complexity index is 1200. The number of methoxy groups -OCH3 is 2. The van der Waals surface area contributed by atoms with Crippen molar-refractivity contribution in [3.05, 3.63) is 82.8 Å². The quantitative estimate of drug-likeness (QED) is 0.458. The summed E-state index contributed by atoms with van der Waals surface area (Å²) in [6.45, 7) is 0. The van der Waals surface area contributed by atoms with Gasteiger partial charge in [0, 0.05) is 29.4 Å². The van der Waals surface area contributed by atoms with Crippen molar-refractivity contribution in [2.75, 3.05) is 14.2 Å². The molecule has 0 N–H and O–H groups in total. The summed E-state index contributed by atoms with van der Waals surface area (Å²) in [5.74, 6) is 0.279. The van der Waals surface area contributed by atoms with E-state index in [1.165, 1.54) is 7.11 Å². The molecule has 0 saturated carbocycles. The van der Waals surface area contributed by atoms with Crippen LogP contribution in [0.4, 0.5) is 0 Å². The molecule has 3 aromatic heterocycles. The van der Waals surface area contributed by atoms with Crippen LogP contribution in [0.15, 0.2) is 60.8 Å². The highest BCUT2D eigenvalue weighted by atomic mass is 35.5. The SMILES string of the molecule is COC(=O)c1cccc(Cc2c(-c3cccc(OC)c3)nn3cc(Cl)ccc23)n1. The number of esters is 1. The molecule has 3 heterocycles. The summed E-state index contributed by atoms with van der Waals surface area (Å²) in [7, 11) is 2.97. The van der Waals surface area contributed by atoms with Crippen molar-refractivity contribution in [3.8, 4) is 17.0 Å². The van der Waals surface area contributed by atoms with E-state index in [-0.39, 0.29) is 5.69 Å². The molecule has 0 amide bonds. The number of halogens is 1. The molecule has 1 aromatic carbocycles. The number of pyridine rings is 2. The van der Waals surface area contributed by atoms with Crippen LogP contribution < -0.4 is 4.74 Å². The summed E-state index contributed by atoms with van der Waals surface area (Å²) in [4.78, 5) is 16.3. The van der Waals surface area contributed by atoms with Crippen molar-refractivity contribution in [3.63, 3.8) is 0 Å². The van der Waals surface area contributed by atoms with Crippen LogP contribution in [0.5, 0.6) is 5.75 Å². The van der Waals surface area contributed by atoms with Crippen LogP contribution >= 0.6 is 11.6 Å². The Balaban J connectivity index is 1.85. The second-order valence-corrected chi connectivity index (χ2v) is 6.86. The molecule has 146 valence electrons. The Labute approximate surface area is 172 Å². The van der Waals surface area contributed by atoms with Crippen molar-refractivity contribution >= 4 is 23.1 Å². The zero-order chi connectivity index (χ0) is 20.4. The van der Waals surface area contributed by atoms with Crippen molar-refractivity contribution in [1.82, 2.24) is 14.6 Å². The number of fused-ring (bicyclic) bond motifs is 1. The van der Waals surface area contributed by atoms with Gasteiger partial charge in [-0.2, -0.15) is 5.10 Å². The van der Waals surface area contributed by atoms with Gasteiger partial charge in [0.15, 0.2) is 0 Å². The Kier molecular flexibility index (Phi) is 5.18. The van der Waals surface area contributed by atoms with Gasteiger partial charge in [0.2, 0.25) is 0 Å². The Morgan fingerprint density at radius 1 is 1.10 bits per heavy atom. The summed E-state index contributed by atoms with van der Waals surface area (Å²) in [5, 5.41) is 5.34. The molecule has 0 unspecified atom stereocenters. The highest BCUT2D eigenvalue weighted by molar-refractivity contribution is 6.30. The van der Waals surface area contributed by atoms with Crippen LogP contribution in [0, 0.1) is 0 Å².